The van der Waals surface area contributed by atoms with Crippen molar-refractivity contribution in [3.63, 3.8) is 0 Å². The largest absolute Gasteiger partial charge is 0.497 e. The van der Waals surface area contributed by atoms with Crippen LogP contribution in [-0.2, 0) is 11.2 Å². The summed E-state index contributed by atoms with van der Waals surface area (Å²) in [7, 11) is 1.65. The first-order valence-corrected chi connectivity index (χ1v) is 15.3. The van der Waals surface area contributed by atoms with E-state index in [9.17, 15) is 4.79 Å². The summed E-state index contributed by atoms with van der Waals surface area (Å²) < 4.78 is 7.44. The van der Waals surface area contributed by atoms with Gasteiger partial charge in [0.15, 0.2) is 5.16 Å². The van der Waals surface area contributed by atoms with Crippen molar-refractivity contribution < 1.29 is 9.53 Å². The van der Waals surface area contributed by atoms with Crippen LogP contribution in [0, 0.1) is 13.8 Å². The molecule has 8 heteroatoms. The fourth-order valence-electron chi connectivity index (χ4n) is 5.41. The second-order valence-corrected chi connectivity index (χ2v) is 11.6. The molecule has 5 aromatic rings. The SMILES string of the molecule is COc1ccc(C2CC(c3ccccc3)=NN2C(=O)CSc2nnc(Cc3ccccc3)n2-c2ccc(C)cc2C)cc1. The number of rotatable bonds is 9. The van der Waals surface area contributed by atoms with Gasteiger partial charge in [-0.1, -0.05) is 102 Å². The number of nitrogens with zero attached hydrogens (tertiary/aromatic N) is 5. The Labute approximate surface area is 256 Å². The van der Waals surface area contributed by atoms with Crippen molar-refractivity contribution >= 4 is 23.4 Å². The van der Waals surface area contributed by atoms with Gasteiger partial charge in [0.25, 0.3) is 5.91 Å². The second-order valence-electron chi connectivity index (χ2n) is 10.6. The maximum absolute atomic E-state index is 13.9. The molecule has 0 radical (unpaired) electrons. The molecule has 1 aliphatic heterocycles. The van der Waals surface area contributed by atoms with Gasteiger partial charge < -0.3 is 4.74 Å². The molecule has 0 saturated carbocycles. The molecule has 7 nitrogen and oxygen atoms in total. The number of carbonyl (C=O) groups excluding carboxylic acids is 1. The van der Waals surface area contributed by atoms with Crippen LogP contribution in [-0.4, -0.2) is 44.3 Å². The molecule has 1 aliphatic rings. The number of hydrogen-bond donors (Lipinski definition) is 0. The highest BCUT2D eigenvalue weighted by molar-refractivity contribution is 7.99. The van der Waals surface area contributed by atoms with Crippen molar-refractivity contribution in [1.82, 2.24) is 19.8 Å². The van der Waals surface area contributed by atoms with E-state index in [4.69, 9.17) is 9.84 Å². The van der Waals surface area contributed by atoms with Gasteiger partial charge in [-0.25, -0.2) is 5.01 Å². The summed E-state index contributed by atoms with van der Waals surface area (Å²) in [5, 5.41) is 16.3. The summed E-state index contributed by atoms with van der Waals surface area (Å²) in [6.45, 7) is 4.18. The molecule has 4 aromatic carbocycles. The first-order chi connectivity index (χ1) is 21.0. The molecule has 2 heterocycles. The van der Waals surface area contributed by atoms with Crippen LogP contribution in [0.15, 0.2) is 113 Å². The Hall–Kier alpha value is -4.69. The average Bonchev–Trinajstić information content (AvgIpc) is 3.66. The number of methoxy groups -OCH3 is 1. The van der Waals surface area contributed by atoms with Crippen molar-refractivity contribution in [2.24, 2.45) is 5.10 Å². The van der Waals surface area contributed by atoms with E-state index in [2.05, 4.69) is 58.9 Å². The molecule has 0 N–H and O–H groups in total. The summed E-state index contributed by atoms with van der Waals surface area (Å²) in [6, 6.07) is 34.3. The molecule has 1 unspecified atom stereocenters. The van der Waals surface area contributed by atoms with Crippen LogP contribution in [0.5, 0.6) is 5.75 Å². The van der Waals surface area contributed by atoms with Gasteiger partial charge in [-0.3, -0.25) is 9.36 Å². The maximum Gasteiger partial charge on any atom is 0.253 e. The van der Waals surface area contributed by atoms with Gasteiger partial charge in [-0.2, -0.15) is 5.10 Å². The monoisotopic (exact) mass is 587 g/mol. The van der Waals surface area contributed by atoms with Gasteiger partial charge in [0, 0.05) is 12.8 Å². The zero-order valence-corrected chi connectivity index (χ0v) is 25.3. The van der Waals surface area contributed by atoms with Crippen molar-refractivity contribution in [3.8, 4) is 11.4 Å². The van der Waals surface area contributed by atoms with Crippen LogP contribution in [0.1, 0.15) is 46.1 Å². The third-order valence-corrected chi connectivity index (χ3v) is 8.51. The molecular formula is C35H33N5O2S. The number of aromatic nitrogens is 3. The lowest BCUT2D eigenvalue weighted by Crippen LogP contribution is -2.28. The number of hydrazone groups is 1. The van der Waals surface area contributed by atoms with E-state index in [0.29, 0.717) is 18.0 Å². The van der Waals surface area contributed by atoms with Crippen molar-refractivity contribution in [3.05, 3.63) is 137 Å². The molecule has 0 bridgehead atoms. The number of amides is 1. The van der Waals surface area contributed by atoms with Crippen molar-refractivity contribution in [2.45, 2.75) is 37.9 Å². The molecule has 1 aromatic heterocycles. The zero-order valence-electron chi connectivity index (χ0n) is 24.5. The van der Waals surface area contributed by atoms with Crippen LogP contribution in [0.2, 0.25) is 0 Å². The van der Waals surface area contributed by atoms with Crippen LogP contribution >= 0.6 is 11.8 Å². The summed E-state index contributed by atoms with van der Waals surface area (Å²) in [4.78, 5) is 13.9. The molecule has 216 valence electrons. The Morgan fingerprint density at radius 1 is 0.907 bits per heavy atom. The van der Waals surface area contributed by atoms with Crippen LogP contribution in [0.4, 0.5) is 0 Å². The predicted octanol–water partition coefficient (Wildman–Crippen LogP) is 6.95. The first kappa shape index (κ1) is 28.4. The lowest BCUT2D eigenvalue weighted by molar-refractivity contribution is -0.130. The van der Waals surface area contributed by atoms with E-state index in [-0.39, 0.29) is 17.7 Å². The maximum atomic E-state index is 13.9. The number of carbonyl (C=O) groups is 1. The zero-order chi connectivity index (χ0) is 29.8. The Morgan fingerprint density at radius 2 is 1.63 bits per heavy atom. The molecule has 0 fully saturated rings. The van der Waals surface area contributed by atoms with Crippen molar-refractivity contribution in [2.75, 3.05) is 12.9 Å². The number of aryl methyl sites for hydroxylation is 2. The molecule has 43 heavy (non-hydrogen) atoms. The molecule has 1 amide bonds. The molecule has 0 saturated heterocycles. The number of hydrogen-bond acceptors (Lipinski definition) is 6. The Balaban J connectivity index is 1.29. The lowest BCUT2D eigenvalue weighted by atomic mass is 9.98. The third kappa shape index (κ3) is 6.24. The Bertz CT molecular complexity index is 1750. The number of ether oxygens (including phenoxy) is 1. The lowest BCUT2D eigenvalue weighted by Gasteiger charge is -2.22. The van der Waals surface area contributed by atoms with Crippen molar-refractivity contribution in [1.29, 1.82) is 0 Å². The molecule has 0 spiro atoms. The fourth-order valence-corrected chi connectivity index (χ4v) is 6.22. The normalized spacial score (nSPS) is 14.5. The van der Waals surface area contributed by atoms with E-state index < -0.39 is 0 Å². The minimum atomic E-state index is -0.208. The standard InChI is InChI=1S/C35H33N5O2S/c1-24-14-19-31(25(2)20-24)39-33(21-26-10-6-4-7-11-26)36-37-35(39)43-23-34(41)40-32(28-15-17-29(42-3)18-16-28)22-30(38-40)27-12-8-5-9-13-27/h4-20,32H,21-23H2,1-3H3. The van der Waals surface area contributed by atoms with Gasteiger partial charge >= 0.3 is 0 Å². The van der Waals surface area contributed by atoms with E-state index >= 15 is 0 Å². The molecular weight excluding hydrogens is 554 g/mol. The first-order valence-electron chi connectivity index (χ1n) is 14.3. The quantitative estimate of drug-likeness (QED) is 0.175. The van der Waals surface area contributed by atoms with E-state index in [0.717, 1.165) is 45.2 Å². The number of benzene rings is 4. The topological polar surface area (TPSA) is 72.6 Å². The highest BCUT2D eigenvalue weighted by Gasteiger charge is 2.33. The van der Waals surface area contributed by atoms with Gasteiger partial charge in [-0.05, 0) is 54.3 Å². The smallest absolute Gasteiger partial charge is 0.253 e. The Kier molecular flexibility index (Phi) is 8.38. The average molecular weight is 588 g/mol. The fraction of sp³-hybridized carbons (Fsp3) is 0.200. The second kappa shape index (κ2) is 12.7. The van der Waals surface area contributed by atoms with Crippen LogP contribution in [0.25, 0.3) is 5.69 Å². The predicted molar refractivity (Wildman–Crippen MR) is 171 cm³/mol. The summed E-state index contributed by atoms with van der Waals surface area (Å²) in [5.74, 6) is 1.69. The summed E-state index contributed by atoms with van der Waals surface area (Å²) in [6.07, 6.45) is 1.26. The van der Waals surface area contributed by atoms with Gasteiger partial charge in [-0.15, -0.1) is 10.2 Å². The molecule has 0 aliphatic carbocycles. The number of thioether (sulfide) groups is 1. The van der Waals surface area contributed by atoms with Crippen LogP contribution in [0.3, 0.4) is 0 Å². The highest BCUT2D eigenvalue weighted by atomic mass is 32.2. The summed E-state index contributed by atoms with van der Waals surface area (Å²) >= 11 is 1.39. The molecule has 6 rings (SSSR count). The Morgan fingerprint density at radius 3 is 2.33 bits per heavy atom. The van der Waals surface area contributed by atoms with E-state index in [1.165, 1.54) is 17.3 Å². The van der Waals surface area contributed by atoms with Crippen LogP contribution < -0.4 is 4.74 Å². The van der Waals surface area contributed by atoms with E-state index in [1.807, 2.05) is 72.8 Å². The molecule has 1 atom stereocenters. The highest BCUT2D eigenvalue weighted by Crippen LogP contribution is 2.35. The van der Waals surface area contributed by atoms with Gasteiger partial charge in [0.05, 0.1) is 30.3 Å². The minimum absolute atomic E-state index is 0.0865. The van der Waals surface area contributed by atoms with Gasteiger partial charge in [0.2, 0.25) is 0 Å². The summed E-state index contributed by atoms with van der Waals surface area (Å²) in [5.41, 5.74) is 7.39. The van der Waals surface area contributed by atoms with E-state index in [1.54, 1.807) is 12.1 Å². The van der Waals surface area contributed by atoms with Gasteiger partial charge in [0.1, 0.15) is 11.6 Å². The minimum Gasteiger partial charge on any atom is -0.497 e. The third-order valence-electron chi connectivity index (χ3n) is 7.60.